The van der Waals surface area contributed by atoms with Gasteiger partial charge in [0.2, 0.25) is 0 Å². The number of hydrogen-bond acceptors (Lipinski definition) is 4. The van der Waals surface area contributed by atoms with Crippen LogP contribution in [0.25, 0.3) is 0 Å². The van der Waals surface area contributed by atoms with Gasteiger partial charge in [0.05, 0.1) is 19.3 Å². The highest BCUT2D eigenvalue weighted by Crippen LogP contribution is 2.48. The average Bonchev–Trinajstić information content (AvgIpc) is 2.41. The number of fused-ring (bicyclic) bond motifs is 3. The van der Waals surface area contributed by atoms with E-state index in [1.54, 1.807) is 0 Å². The first kappa shape index (κ1) is 13.8. The fourth-order valence-corrected chi connectivity index (χ4v) is 3.03. The highest BCUT2D eigenvalue weighted by atomic mass is 16.5. The summed E-state index contributed by atoms with van der Waals surface area (Å²) in [5, 5.41) is 3.36. The van der Waals surface area contributed by atoms with Crippen molar-refractivity contribution in [3.63, 3.8) is 0 Å². The van der Waals surface area contributed by atoms with Gasteiger partial charge in [-0.15, -0.1) is 0 Å². The molecule has 1 atom stereocenters. The van der Waals surface area contributed by atoms with Gasteiger partial charge < -0.3 is 14.8 Å². The van der Waals surface area contributed by atoms with E-state index in [2.05, 4.69) is 12.2 Å². The highest BCUT2D eigenvalue weighted by Gasteiger charge is 2.47. The molecule has 2 aliphatic heterocycles. The molecule has 1 aliphatic carbocycles. The van der Waals surface area contributed by atoms with Crippen LogP contribution in [0.4, 0.5) is 0 Å². The van der Waals surface area contributed by atoms with Crippen LogP contribution in [0.3, 0.4) is 0 Å². The van der Waals surface area contributed by atoms with Crippen LogP contribution < -0.4 is 5.32 Å². The quantitative estimate of drug-likeness (QED) is 0.762. The van der Waals surface area contributed by atoms with Gasteiger partial charge >= 0.3 is 5.97 Å². The molecule has 3 aliphatic rings. The van der Waals surface area contributed by atoms with Crippen molar-refractivity contribution in [3.8, 4) is 0 Å². The molecule has 0 spiro atoms. The van der Waals surface area contributed by atoms with Crippen molar-refractivity contribution in [2.45, 2.75) is 57.6 Å². The number of ether oxygens (including phenoxy) is 2. The van der Waals surface area contributed by atoms with E-state index >= 15 is 0 Å². The molecule has 2 saturated heterocycles. The lowest BCUT2D eigenvalue weighted by Crippen LogP contribution is -2.55. The molecule has 2 heterocycles. The first-order valence-electron chi connectivity index (χ1n) is 6.98. The van der Waals surface area contributed by atoms with Crippen molar-refractivity contribution in [3.05, 3.63) is 0 Å². The Morgan fingerprint density at radius 3 is 2.50 bits per heavy atom. The van der Waals surface area contributed by atoms with Gasteiger partial charge in [0.15, 0.2) is 0 Å². The van der Waals surface area contributed by atoms with E-state index in [4.69, 9.17) is 9.47 Å². The number of nitrogens with one attached hydrogen (secondary N) is 1. The Morgan fingerprint density at radius 2 is 2.06 bits per heavy atom. The van der Waals surface area contributed by atoms with Gasteiger partial charge in [-0.3, -0.25) is 4.79 Å². The summed E-state index contributed by atoms with van der Waals surface area (Å²) in [5.74, 6) is -0.161. The van der Waals surface area contributed by atoms with Crippen molar-refractivity contribution in [2.75, 3.05) is 20.3 Å². The number of esters is 1. The van der Waals surface area contributed by atoms with Crippen molar-refractivity contribution in [1.82, 2.24) is 5.32 Å². The molecule has 0 amide bonds. The Bertz CT molecular complexity index is 292. The van der Waals surface area contributed by atoms with Crippen molar-refractivity contribution >= 4 is 5.97 Å². The van der Waals surface area contributed by atoms with Crippen LogP contribution in [0.2, 0.25) is 0 Å². The van der Waals surface area contributed by atoms with E-state index in [0.29, 0.717) is 0 Å². The van der Waals surface area contributed by atoms with E-state index in [1.807, 2.05) is 6.92 Å². The molecule has 104 valence electrons. The maximum absolute atomic E-state index is 11.6. The second-order valence-corrected chi connectivity index (χ2v) is 6.10. The lowest BCUT2D eigenvalue weighted by Gasteiger charge is -2.52. The van der Waals surface area contributed by atoms with Crippen LogP contribution in [0.1, 0.15) is 46.0 Å². The second-order valence-electron chi connectivity index (χ2n) is 6.10. The summed E-state index contributed by atoms with van der Waals surface area (Å²) >= 11 is 0. The van der Waals surface area contributed by atoms with Crippen LogP contribution in [0.15, 0.2) is 0 Å². The Hall–Kier alpha value is -0.610. The van der Waals surface area contributed by atoms with Gasteiger partial charge in [0.25, 0.3) is 0 Å². The summed E-state index contributed by atoms with van der Waals surface area (Å²) in [5.41, 5.74) is 0.355. The third-order valence-corrected chi connectivity index (χ3v) is 4.71. The van der Waals surface area contributed by atoms with Gasteiger partial charge in [0, 0.05) is 12.0 Å². The van der Waals surface area contributed by atoms with E-state index in [-0.39, 0.29) is 23.0 Å². The maximum atomic E-state index is 11.6. The Labute approximate surface area is 109 Å². The fourth-order valence-electron chi connectivity index (χ4n) is 3.03. The third kappa shape index (κ3) is 2.69. The molecule has 0 aromatic carbocycles. The predicted molar refractivity (Wildman–Crippen MR) is 69.4 cm³/mol. The number of rotatable bonds is 5. The Morgan fingerprint density at radius 1 is 1.39 bits per heavy atom. The van der Waals surface area contributed by atoms with E-state index in [9.17, 15) is 4.79 Å². The molecule has 0 aromatic heterocycles. The molecule has 4 heteroatoms. The van der Waals surface area contributed by atoms with Crippen molar-refractivity contribution in [2.24, 2.45) is 5.41 Å². The maximum Gasteiger partial charge on any atom is 0.322 e. The molecule has 1 N–H and O–H groups in total. The smallest absolute Gasteiger partial charge is 0.322 e. The SMILES string of the molecule is CCC(NCC12CCC(C)(CC1)OC2)C(=O)OC. The highest BCUT2D eigenvalue weighted by molar-refractivity contribution is 5.75. The summed E-state index contributed by atoms with van der Waals surface area (Å²) < 4.78 is 10.8. The van der Waals surface area contributed by atoms with E-state index in [0.717, 1.165) is 32.4 Å². The van der Waals surface area contributed by atoms with Crippen LogP contribution >= 0.6 is 0 Å². The van der Waals surface area contributed by atoms with Gasteiger partial charge in [-0.2, -0.15) is 0 Å². The molecule has 1 unspecified atom stereocenters. The van der Waals surface area contributed by atoms with E-state index < -0.39 is 0 Å². The summed E-state index contributed by atoms with van der Waals surface area (Å²) in [7, 11) is 1.45. The first-order chi connectivity index (χ1) is 8.52. The van der Waals surface area contributed by atoms with Crippen LogP contribution in [-0.2, 0) is 14.3 Å². The molecule has 1 saturated carbocycles. The molecular weight excluding hydrogens is 230 g/mol. The predicted octanol–water partition coefficient (Wildman–Crippen LogP) is 1.88. The largest absolute Gasteiger partial charge is 0.468 e. The zero-order valence-electron chi connectivity index (χ0n) is 11.8. The standard InChI is InChI=1S/C14H25NO3/c1-4-11(12(16)17-3)15-9-14-7-5-13(2,6-8-14)18-10-14/h11,15H,4-10H2,1-3H3. The molecule has 2 bridgehead atoms. The summed E-state index contributed by atoms with van der Waals surface area (Å²) in [6, 6.07) is -0.181. The van der Waals surface area contributed by atoms with Gasteiger partial charge in [-0.05, 0) is 39.0 Å². The van der Waals surface area contributed by atoms with Crippen LogP contribution in [0.5, 0.6) is 0 Å². The lowest BCUT2D eigenvalue weighted by atomic mass is 9.66. The monoisotopic (exact) mass is 255 g/mol. The van der Waals surface area contributed by atoms with Crippen molar-refractivity contribution < 1.29 is 14.3 Å². The zero-order chi connectivity index (χ0) is 13.2. The molecule has 0 aromatic rings. The Balaban J connectivity index is 1.88. The normalized spacial score (nSPS) is 36.4. The summed E-state index contributed by atoms with van der Waals surface area (Å²) in [4.78, 5) is 11.6. The van der Waals surface area contributed by atoms with Crippen LogP contribution in [-0.4, -0.2) is 37.9 Å². The second kappa shape index (κ2) is 5.17. The molecule has 0 radical (unpaired) electrons. The number of carbonyl (C=O) groups excluding carboxylic acids is 1. The molecule has 3 rings (SSSR count). The molecule has 4 nitrogen and oxygen atoms in total. The number of methoxy groups -OCH3 is 1. The van der Waals surface area contributed by atoms with Crippen LogP contribution in [0, 0.1) is 5.41 Å². The van der Waals surface area contributed by atoms with Gasteiger partial charge in [-0.25, -0.2) is 0 Å². The fraction of sp³-hybridized carbons (Fsp3) is 0.929. The van der Waals surface area contributed by atoms with Gasteiger partial charge in [0.1, 0.15) is 6.04 Å². The first-order valence-corrected chi connectivity index (χ1v) is 6.98. The molecular formula is C14H25NO3. The minimum atomic E-state index is -0.181. The van der Waals surface area contributed by atoms with Crippen molar-refractivity contribution in [1.29, 1.82) is 0 Å². The van der Waals surface area contributed by atoms with Gasteiger partial charge in [-0.1, -0.05) is 6.92 Å². The number of carbonyl (C=O) groups is 1. The summed E-state index contributed by atoms with van der Waals surface area (Å²) in [6.07, 6.45) is 5.46. The molecule has 3 fully saturated rings. The minimum Gasteiger partial charge on any atom is -0.468 e. The summed E-state index contributed by atoms with van der Waals surface area (Å²) in [6.45, 7) is 5.90. The zero-order valence-corrected chi connectivity index (χ0v) is 11.8. The lowest BCUT2D eigenvalue weighted by molar-refractivity contribution is -0.173. The average molecular weight is 255 g/mol. The van der Waals surface area contributed by atoms with E-state index in [1.165, 1.54) is 20.0 Å². The minimum absolute atomic E-state index is 0.119. The number of hydrogen-bond donors (Lipinski definition) is 1. The third-order valence-electron chi connectivity index (χ3n) is 4.71. The Kier molecular flexibility index (Phi) is 3.97. The topological polar surface area (TPSA) is 47.6 Å². The molecule has 18 heavy (non-hydrogen) atoms.